The Bertz CT molecular complexity index is 819. The second-order valence-electron chi connectivity index (χ2n) is 4.20. The first-order chi connectivity index (χ1) is 10.2. The van der Waals surface area contributed by atoms with Crippen LogP contribution in [0.25, 0.3) is 11.0 Å². The van der Waals surface area contributed by atoms with Gasteiger partial charge in [-0.15, -0.1) is 0 Å². The van der Waals surface area contributed by atoms with Crippen molar-refractivity contribution in [3.8, 4) is 0 Å². The highest BCUT2D eigenvalue weighted by Crippen LogP contribution is 2.30. The van der Waals surface area contributed by atoms with Gasteiger partial charge in [0.1, 0.15) is 11.0 Å². The van der Waals surface area contributed by atoms with Crippen molar-refractivity contribution in [2.75, 3.05) is 10.7 Å². The van der Waals surface area contributed by atoms with Crippen LogP contribution in [0, 0.1) is 0 Å². The van der Waals surface area contributed by atoms with Gasteiger partial charge in [0.15, 0.2) is 0 Å². The predicted octanol–water partition coefficient (Wildman–Crippen LogP) is 2.88. The molecular weight excluding hydrogens is 310 g/mol. The summed E-state index contributed by atoms with van der Waals surface area (Å²) >= 11 is 7.21. The maximum absolute atomic E-state index is 12.4. The normalized spacial score (nSPS) is 10.6. The molecule has 0 aliphatic heterocycles. The van der Waals surface area contributed by atoms with Crippen LogP contribution in [0.3, 0.4) is 0 Å². The van der Waals surface area contributed by atoms with Crippen LogP contribution in [0.1, 0.15) is 10.4 Å². The van der Waals surface area contributed by atoms with Gasteiger partial charge >= 0.3 is 0 Å². The van der Waals surface area contributed by atoms with E-state index in [0.717, 1.165) is 11.7 Å². The lowest BCUT2D eigenvalue weighted by atomic mass is 10.1. The maximum atomic E-state index is 12.4. The van der Waals surface area contributed by atoms with Crippen molar-refractivity contribution < 1.29 is 4.79 Å². The lowest BCUT2D eigenvalue weighted by Crippen LogP contribution is -2.17. The number of para-hydroxylation sites is 1. The van der Waals surface area contributed by atoms with Crippen LogP contribution in [0.2, 0.25) is 5.02 Å². The maximum Gasteiger partial charge on any atom is 0.257 e. The van der Waals surface area contributed by atoms with Crippen molar-refractivity contribution >= 4 is 51.6 Å². The molecule has 21 heavy (non-hydrogen) atoms. The predicted molar refractivity (Wildman–Crippen MR) is 84.6 cm³/mol. The Labute approximate surface area is 129 Å². The fraction of sp³-hybridized carbons (Fsp3) is 0. The van der Waals surface area contributed by atoms with Gasteiger partial charge in [-0.2, -0.15) is 8.75 Å². The molecule has 0 saturated carbocycles. The number of halogens is 1. The van der Waals surface area contributed by atoms with Gasteiger partial charge in [0.25, 0.3) is 5.91 Å². The summed E-state index contributed by atoms with van der Waals surface area (Å²) in [7, 11) is 0. The van der Waals surface area contributed by atoms with Crippen molar-refractivity contribution in [2.24, 2.45) is 5.84 Å². The summed E-state index contributed by atoms with van der Waals surface area (Å²) in [5.74, 6) is 5.08. The molecule has 1 heterocycles. The number of hydrogen-bond acceptors (Lipinski definition) is 6. The number of fused-ring (bicyclic) bond motifs is 1. The van der Waals surface area contributed by atoms with Crippen LogP contribution in [-0.2, 0) is 0 Å². The Kier molecular flexibility index (Phi) is 3.70. The van der Waals surface area contributed by atoms with E-state index in [1.54, 1.807) is 36.4 Å². The highest BCUT2D eigenvalue weighted by atomic mass is 35.5. The highest BCUT2D eigenvalue weighted by molar-refractivity contribution is 7.00. The minimum Gasteiger partial charge on any atom is -0.323 e. The van der Waals surface area contributed by atoms with Gasteiger partial charge in [0, 0.05) is 0 Å². The van der Waals surface area contributed by atoms with Crippen LogP contribution in [-0.4, -0.2) is 14.7 Å². The molecular formula is C13H10ClN5OS. The van der Waals surface area contributed by atoms with Crippen LogP contribution in [0.4, 0.5) is 11.4 Å². The molecule has 1 aromatic heterocycles. The van der Waals surface area contributed by atoms with Gasteiger partial charge in [-0.3, -0.25) is 10.6 Å². The van der Waals surface area contributed by atoms with Crippen molar-refractivity contribution in [1.29, 1.82) is 0 Å². The minimum absolute atomic E-state index is 0.328. The topological polar surface area (TPSA) is 92.9 Å². The van der Waals surface area contributed by atoms with E-state index in [0.29, 0.717) is 33.0 Å². The molecule has 0 unspecified atom stereocenters. The molecule has 0 fully saturated rings. The van der Waals surface area contributed by atoms with Crippen molar-refractivity contribution in [3.63, 3.8) is 0 Å². The van der Waals surface area contributed by atoms with Gasteiger partial charge in [-0.05, 0) is 24.3 Å². The molecule has 0 atom stereocenters. The van der Waals surface area contributed by atoms with E-state index in [-0.39, 0.29) is 5.91 Å². The average molecular weight is 320 g/mol. The van der Waals surface area contributed by atoms with Crippen molar-refractivity contribution in [1.82, 2.24) is 8.75 Å². The van der Waals surface area contributed by atoms with E-state index in [9.17, 15) is 4.79 Å². The Balaban J connectivity index is 2.00. The third-order valence-corrected chi connectivity index (χ3v) is 3.80. The summed E-state index contributed by atoms with van der Waals surface area (Å²) in [5.41, 5.74) is 5.12. The number of benzene rings is 2. The number of nitrogen functional groups attached to an aromatic ring is 1. The summed E-state index contributed by atoms with van der Waals surface area (Å²) in [6.45, 7) is 0. The van der Waals surface area contributed by atoms with Gasteiger partial charge in [0.2, 0.25) is 0 Å². The quantitative estimate of drug-likeness (QED) is 0.510. The first-order valence-electron chi connectivity index (χ1n) is 5.98. The van der Waals surface area contributed by atoms with E-state index in [1.807, 2.05) is 0 Å². The number of aromatic nitrogens is 2. The number of carbonyl (C=O) groups excluding carboxylic acids is 1. The molecule has 0 spiro atoms. The summed E-state index contributed by atoms with van der Waals surface area (Å²) in [6, 6.07) is 10.3. The molecule has 6 nitrogen and oxygen atoms in total. The van der Waals surface area contributed by atoms with Gasteiger partial charge < -0.3 is 10.7 Å². The number of hydrogen-bond donors (Lipinski definition) is 3. The zero-order valence-corrected chi connectivity index (χ0v) is 12.2. The van der Waals surface area contributed by atoms with E-state index < -0.39 is 0 Å². The standard InChI is InChI=1S/C13H10ClN5OS/c14-8-5-6-10-12(19-21-18-10)11(8)16-13(20)7-3-1-2-4-9(7)17-15/h1-6,17H,15H2,(H,16,20). The summed E-state index contributed by atoms with van der Waals surface area (Å²) in [4.78, 5) is 12.4. The first-order valence-corrected chi connectivity index (χ1v) is 7.09. The van der Waals surface area contributed by atoms with E-state index in [4.69, 9.17) is 17.4 Å². The zero-order valence-electron chi connectivity index (χ0n) is 10.6. The largest absolute Gasteiger partial charge is 0.323 e. The Morgan fingerprint density at radius 2 is 2.00 bits per heavy atom. The molecule has 0 saturated heterocycles. The van der Waals surface area contributed by atoms with Gasteiger partial charge in [-0.25, -0.2) is 0 Å². The van der Waals surface area contributed by atoms with Crippen LogP contribution in [0.5, 0.6) is 0 Å². The summed E-state index contributed by atoms with van der Waals surface area (Å²) < 4.78 is 8.28. The third kappa shape index (κ3) is 2.54. The van der Waals surface area contributed by atoms with Crippen LogP contribution < -0.4 is 16.6 Å². The molecule has 0 bridgehead atoms. The van der Waals surface area contributed by atoms with Crippen LogP contribution in [0.15, 0.2) is 36.4 Å². The fourth-order valence-electron chi connectivity index (χ4n) is 1.93. The molecule has 2 aromatic carbocycles. The number of nitrogens with two attached hydrogens (primary N) is 1. The lowest BCUT2D eigenvalue weighted by molar-refractivity contribution is 0.102. The highest BCUT2D eigenvalue weighted by Gasteiger charge is 2.16. The molecule has 106 valence electrons. The third-order valence-electron chi connectivity index (χ3n) is 2.94. The number of nitrogens with zero attached hydrogens (tertiary/aromatic N) is 2. The molecule has 0 aliphatic carbocycles. The van der Waals surface area contributed by atoms with Crippen molar-refractivity contribution in [2.45, 2.75) is 0 Å². The monoisotopic (exact) mass is 319 g/mol. The zero-order chi connectivity index (χ0) is 14.8. The Morgan fingerprint density at radius 1 is 1.19 bits per heavy atom. The van der Waals surface area contributed by atoms with Crippen LogP contribution >= 0.6 is 23.3 Å². The number of anilines is 2. The molecule has 8 heteroatoms. The molecule has 0 radical (unpaired) electrons. The van der Waals surface area contributed by atoms with E-state index in [1.165, 1.54) is 0 Å². The number of carbonyl (C=O) groups is 1. The molecule has 0 aliphatic rings. The first kappa shape index (κ1) is 13.7. The Morgan fingerprint density at radius 3 is 2.81 bits per heavy atom. The molecule has 3 aromatic rings. The second kappa shape index (κ2) is 5.65. The minimum atomic E-state index is -0.328. The van der Waals surface area contributed by atoms with Gasteiger partial charge in [0.05, 0.1) is 33.7 Å². The number of amides is 1. The van der Waals surface area contributed by atoms with E-state index in [2.05, 4.69) is 19.5 Å². The number of nitrogens with one attached hydrogen (secondary N) is 2. The molecule has 1 amide bonds. The average Bonchev–Trinajstić information content (AvgIpc) is 2.98. The summed E-state index contributed by atoms with van der Waals surface area (Å²) in [6.07, 6.45) is 0. The number of hydrazine groups is 1. The van der Waals surface area contributed by atoms with E-state index >= 15 is 0 Å². The fourth-order valence-corrected chi connectivity index (χ4v) is 2.68. The summed E-state index contributed by atoms with van der Waals surface area (Å²) in [5, 5.41) is 3.17. The second-order valence-corrected chi connectivity index (χ2v) is 5.13. The molecule has 4 N–H and O–H groups in total. The van der Waals surface area contributed by atoms with Crippen molar-refractivity contribution in [3.05, 3.63) is 47.0 Å². The number of rotatable bonds is 3. The molecule has 3 rings (SSSR count). The van der Waals surface area contributed by atoms with Gasteiger partial charge in [-0.1, -0.05) is 23.7 Å². The SMILES string of the molecule is NNc1ccccc1C(=O)Nc1c(Cl)ccc2nsnc12. The lowest BCUT2D eigenvalue weighted by Gasteiger charge is -2.10. The Hall–Kier alpha value is -2.22. The smallest absolute Gasteiger partial charge is 0.257 e.